The first-order valence-electron chi connectivity index (χ1n) is 12.2. The number of hydrogen-bond acceptors (Lipinski definition) is 6. The molecule has 1 fully saturated rings. The molecule has 0 unspecified atom stereocenters. The van der Waals surface area contributed by atoms with Crippen molar-refractivity contribution in [2.75, 3.05) is 24.6 Å². The van der Waals surface area contributed by atoms with Gasteiger partial charge in [-0.05, 0) is 51.8 Å². The van der Waals surface area contributed by atoms with Gasteiger partial charge in [-0.15, -0.1) is 0 Å². The fourth-order valence-corrected chi connectivity index (χ4v) is 5.58. The molecule has 1 aliphatic rings. The summed E-state index contributed by atoms with van der Waals surface area (Å²) >= 11 is 1.66. The molecule has 0 radical (unpaired) electrons. The second kappa shape index (κ2) is 10.1. The van der Waals surface area contributed by atoms with Crippen molar-refractivity contribution in [1.82, 2.24) is 20.1 Å². The van der Waals surface area contributed by atoms with Crippen LogP contribution in [0.4, 0.5) is 5.13 Å². The fraction of sp³-hybridized carbons (Fsp3) is 0.370. The quantitative estimate of drug-likeness (QED) is 0.394. The van der Waals surface area contributed by atoms with Crippen molar-refractivity contribution < 1.29 is 9.53 Å². The zero-order chi connectivity index (χ0) is 24.4. The summed E-state index contributed by atoms with van der Waals surface area (Å²) in [6, 6.07) is 16.2. The summed E-state index contributed by atoms with van der Waals surface area (Å²) in [5, 5.41) is 8.81. The van der Waals surface area contributed by atoms with Gasteiger partial charge in [0.25, 0.3) is 0 Å². The van der Waals surface area contributed by atoms with Crippen LogP contribution >= 0.6 is 11.3 Å². The summed E-state index contributed by atoms with van der Waals surface area (Å²) in [4.78, 5) is 20.3. The maximum Gasteiger partial charge on any atom is 0.225 e. The molecule has 8 heteroatoms. The molecule has 3 heterocycles. The number of anilines is 1. The topological polar surface area (TPSA) is 72.3 Å². The van der Waals surface area contributed by atoms with Crippen molar-refractivity contribution in [3.63, 3.8) is 0 Å². The number of fused-ring (bicyclic) bond motifs is 1. The lowest BCUT2D eigenvalue weighted by atomic mass is 9.97. The zero-order valence-corrected chi connectivity index (χ0v) is 21.3. The van der Waals surface area contributed by atoms with Crippen molar-refractivity contribution in [3.05, 3.63) is 65.4 Å². The van der Waals surface area contributed by atoms with Gasteiger partial charge in [0.05, 0.1) is 28.6 Å². The molecule has 5 rings (SSSR count). The van der Waals surface area contributed by atoms with E-state index in [1.807, 2.05) is 42.8 Å². The summed E-state index contributed by atoms with van der Waals surface area (Å²) in [6.07, 6.45) is 1.85. The third kappa shape index (κ3) is 4.89. The number of amides is 1. The number of benzene rings is 2. The predicted octanol–water partition coefficient (Wildman–Crippen LogP) is 5.03. The number of rotatable bonds is 7. The van der Waals surface area contributed by atoms with Crippen LogP contribution < -0.4 is 15.0 Å². The third-order valence-electron chi connectivity index (χ3n) is 6.44. The highest BCUT2D eigenvalue weighted by Gasteiger charge is 2.28. The highest BCUT2D eigenvalue weighted by atomic mass is 32.1. The number of para-hydroxylation sites is 1. The molecule has 2 aromatic heterocycles. The van der Waals surface area contributed by atoms with Gasteiger partial charge in [-0.25, -0.2) is 4.68 Å². The van der Waals surface area contributed by atoms with Crippen LogP contribution in [-0.2, 0) is 11.3 Å². The molecule has 35 heavy (non-hydrogen) atoms. The number of thiazole rings is 1. The molecule has 4 aromatic rings. The van der Waals surface area contributed by atoms with Crippen LogP contribution in [0.2, 0.25) is 0 Å². The minimum absolute atomic E-state index is 0.0651. The van der Waals surface area contributed by atoms with Crippen LogP contribution in [0.1, 0.15) is 36.6 Å². The molecule has 1 amide bonds. The molecule has 0 spiro atoms. The van der Waals surface area contributed by atoms with E-state index in [1.165, 1.54) is 5.56 Å². The highest BCUT2D eigenvalue weighted by molar-refractivity contribution is 7.22. The number of nitrogens with one attached hydrogen (secondary N) is 1. The molecule has 1 aliphatic heterocycles. The van der Waals surface area contributed by atoms with Crippen molar-refractivity contribution >= 4 is 32.7 Å². The minimum Gasteiger partial charge on any atom is -0.494 e. The first kappa shape index (κ1) is 23.4. The average Bonchev–Trinajstić information content (AvgIpc) is 3.45. The Kier molecular flexibility index (Phi) is 6.72. The van der Waals surface area contributed by atoms with Crippen LogP contribution in [0.25, 0.3) is 16.0 Å². The van der Waals surface area contributed by atoms with E-state index in [2.05, 4.69) is 41.4 Å². The number of carbonyl (C=O) groups is 1. The second-order valence-electron chi connectivity index (χ2n) is 9.03. The lowest BCUT2D eigenvalue weighted by molar-refractivity contribution is -0.125. The number of hydrogen-bond donors (Lipinski definition) is 1. The Hall–Kier alpha value is -3.39. The van der Waals surface area contributed by atoms with Gasteiger partial charge in [0.2, 0.25) is 5.91 Å². The van der Waals surface area contributed by atoms with Gasteiger partial charge < -0.3 is 15.0 Å². The zero-order valence-electron chi connectivity index (χ0n) is 20.5. The molecule has 1 saturated heterocycles. The van der Waals surface area contributed by atoms with E-state index in [4.69, 9.17) is 14.8 Å². The second-order valence-corrected chi connectivity index (χ2v) is 10.0. The fourth-order valence-electron chi connectivity index (χ4n) is 4.56. The van der Waals surface area contributed by atoms with Crippen molar-refractivity contribution in [2.45, 2.75) is 40.2 Å². The maximum atomic E-state index is 13.1. The van der Waals surface area contributed by atoms with Crippen LogP contribution in [0, 0.1) is 19.8 Å². The third-order valence-corrected chi connectivity index (χ3v) is 7.66. The maximum absolute atomic E-state index is 13.1. The van der Waals surface area contributed by atoms with E-state index in [9.17, 15) is 4.79 Å². The Morgan fingerprint density at radius 3 is 2.77 bits per heavy atom. The highest BCUT2D eigenvalue weighted by Crippen LogP contribution is 2.34. The average molecular weight is 490 g/mol. The number of aryl methyl sites for hydroxylation is 2. The number of aromatic nitrogens is 3. The molecule has 182 valence electrons. The summed E-state index contributed by atoms with van der Waals surface area (Å²) < 4.78 is 8.72. The van der Waals surface area contributed by atoms with Gasteiger partial charge in [0.1, 0.15) is 5.75 Å². The Morgan fingerprint density at radius 1 is 1.17 bits per heavy atom. The standard InChI is InChI=1S/C27H31N5O2S/c1-4-34-23-10-6-5-8-20(23)16-28-26(33)21-9-7-15-31(17-21)27-29-25-24(35-27)19(3)30-32(25)22-13-11-18(2)12-14-22/h5-6,8,10-14,21H,4,7,9,15-17H2,1-3H3,(H,28,33)/t21-/m0/s1. The van der Waals surface area contributed by atoms with E-state index < -0.39 is 0 Å². The van der Waals surface area contributed by atoms with Gasteiger partial charge in [-0.2, -0.15) is 10.1 Å². The number of nitrogens with zero attached hydrogens (tertiary/aromatic N) is 4. The SMILES string of the molecule is CCOc1ccccc1CNC(=O)[C@H]1CCCN(c2nc3c(s2)c(C)nn3-c2ccc(C)cc2)C1. The predicted molar refractivity (Wildman–Crippen MR) is 141 cm³/mol. The van der Waals surface area contributed by atoms with E-state index >= 15 is 0 Å². The van der Waals surface area contributed by atoms with Gasteiger partial charge in [-0.3, -0.25) is 4.79 Å². The molecule has 0 aliphatic carbocycles. The number of ether oxygens (including phenoxy) is 1. The van der Waals surface area contributed by atoms with Crippen LogP contribution in [-0.4, -0.2) is 40.4 Å². The van der Waals surface area contributed by atoms with Crippen molar-refractivity contribution in [1.29, 1.82) is 0 Å². The molecule has 1 N–H and O–H groups in total. The number of piperidine rings is 1. The van der Waals surface area contributed by atoms with Gasteiger partial charge in [-0.1, -0.05) is 47.2 Å². The first-order chi connectivity index (χ1) is 17.0. The van der Waals surface area contributed by atoms with Crippen molar-refractivity contribution in [2.24, 2.45) is 5.92 Å². The van der Waals surface area contributed by atoms with Crippen molar-refractivity contribution in [3.8, 4) is 11.4 Å². The largest absolute Gasteiger partial charge is 0.494 e. The van der Waals surface area contributed by atoms with E-state index in [0.717, 1.165) is 57.6 Å². The molecule has 0 saturated carbocycles. The van der Waals surface area contributed by atoms with Gasteiger partial charge in [0.15, 0.2) is 10.8 Å². The van der Waals surface area contributed by atoms with Crippen LogP contribution in [0.15, 0.2) is 48.5 Å². The van der Waals surface area contributed by atoms with Gasteiger partial charge >= 0.3 is 0 Å². The van der Waals surface area contributed by atoms with E-state index in [0.29, 0.717) is 19.7 Å². The number of carbonyl (C=O) groups excluding carboxylic acids is 1. The monoisotopic (exact) mass is 489 g/mol. The van der Waals surface area contributed by atoms with E-state index in [-0.39, 0.29) is 11.8 Å². The van der Waals surface area contributed by atoms with E-state index in [1.54, 1.807) is 11.3 Å². The summed E-state index contributed by atoms with van der Waals surface area (Å²) in [6.45, 7) is 8.73. The molecule has 7 nitrogen and oxygen atoms in total. The van der Waals surface area contributed by atoms with Gasteiger partial charge in [0, 0.05) is 25.2 Å². The normalized spacial score (nSPS) is 16.0. The lowest BCUT2D eigenvalue weighted by Crippen LogP contribution is -2.43. The Morgan fingerprint density at radius 2 is 1.97 bits per heavy atom. The molecular formula is C27H31N5O2S. The summed E-state index contributed by atoms with van der Waals surface area (Å²) in [5.74, 6) is 0.849. The Bertz CT molecular complexity index is 1330. The Labute approximate surface area is 209 Å². The molecule has 1 atom stereocenters. The molecule has 0 bridgehead atoms. The summed E-state index contributed by atoms with van der Waals surface area (Å²) in [5.41, 5.74) is 5.08. The lowest BCUT2D eigenvalue weighted by Gasteiger charge is -2.31. The molecule has 2 aromatic carbocycles. The first-order valence-corrected chi connectivity index (χ1v) is 13.0. The molecular weight excluding hydrogens is 458 g/mol. The Balaban J connectivity index is 1.30. The summed E-state index contributed by atoms with van der Waals surface area (Å²) in [7, 11) is 0. The minimum atomic E-state index is -0.0651. The van der Waals surface area contributed by atoms with Crippen LogP contribution in [0.5, 0.6) is 5.75 Å². The smallest absolute Gasteiger partial charge is 0.225 e. The van der Waals surface area contributed by atoms with Crippen LogP contribution in [0.3, 0.4) is 0 Å².